The highest BCUT2D eigenvalue weighted by atomic mass is 32.2. The lowest BCUT2D eigenvalue weighted by atomic mass is 10.1. The second kappa shape index (κ2) is 8.69. The summed E-state index contributed by atoms with van der Waals surface area (Å²) >= 11 is 0. The summed E-state index contributed by atoms with van der Waals surface area (Å²) in [6, 6.07) is 8.75. The zero-order chi connectivity index (χ0) is 20.0. The molecule has 0 saturated carbocycles. The Balaban J connectivity index is 2.20. The number of nitrogens with zero attached hydrogens (tertiary/aromatic N) is 1. The zero-order valence-electron chi connectivity index (χ0n) is 15.1. The van der Waals surface area contributed by atoms with E-state index in [1.165, 1.54) is 27.4 Å². The molecule has 27 heavy (non-hydrogen) atoms. The van der Waals surface area contributed by atoms with Crippen LogP contribution in [0.1, 0.15) is 5.56 Å². The highest BCUT2D eigenvalue weighted by Gasteiger charge is 2.26. The summed E-state index contributed by atoms with van der Waals surface area (Å²) in [4.78, 5) is 10.0. The second-order valence-electron chi connectivity index (χ2n) is 5.42. The fourth-order valence-corrected chi connectivity index (χ4v) is 3.65. The van der Waals surface area contributed by atoms with Crippen LogP contribution in [0.15, 0.2) is 41.3 Å². The van der Waals surface area contributed by atoms with Gasteiger partial charge in [0.25, 0.3) is 5.69 Å². The molecule has 0 fully saturated rings. The predicted octanol–water partition coefficient (Wildman–Crippen LogP) is 2.14. The molecule has 10 heteroatoms. The molecule has 0 aromatic heterocycles. The van der Waals surface area contributed by atoms with Gasteiger partial charge < -0.3 is 14.2 Å². The van der Waals surface area contributed by atoms with E-state index < -0.39 is 25.5 Å². The Hall–Kier alpha value is -2.85. The lowest BCUT2D eigenvalue weighted by Crippen LogP contribution is -2.26. The molecular weight excluding hydrogens is 376 g/mol. The number of nitrogens with one attached hydrogen (secondary N) is 1. The number of ether oxygens (including phenoxy) is 3. The molecule has 2 rings (SSSR count). The Kier molecular flexibility index (Phi) is 6.59. The van der Waals surface area contributed by atoms with Crippen LogP contribution in [0.5, 0.6) is 17.2 Å². The molecule has 9 nitrogen and oxygen atoms in total. The van der Waals surface area contributed by atoms with E-state index in [2.05, 4.69) is 4.72 Å². The first-order valence-corrected chi connectivity index (χ1v) is 9.33. The average Bonchev–Trinajstić information content (AvgIpc) is 2.67. The maximum Gasteiger partial charge on any atom is 0.293 e. The quantitative estimate of drug-likeness (QED) is 0.510. The summed E-state index contributed by atoms with van der Waals surface area (Å²) in [6.45, 7) is 0.0229. The molecule has 0 amide bonds. The van der Waals surface area contributed by atoms with Gasteiger partial charge in [-0.25, -0.2) is 13.1 Å². The van der Waals surface area contributed by atoms with Gasteiger partial charge in [0.15, 0.2) is 4.90 Å². The van der Waals surface area contributed by atoms with Crippen LogP contribution in [0, 0.1) is 10.1 Å². The summed E-state index contributed by atoms with van der Waals surface area (Å²) in [5.41, 5.74) is 0.185. The highest BCUT2D eigenvalue weighted by Crippen LogP contribution is 2.28. The van der Waals surface area contributed by atoms with E-state index in [0.717, 1.165) is 17.7 Å². The molecule has 0 unspecified atom stereocenters. The predicted molar refractivity (Wildman–Crippen MR) is 98.1 cm³/mol. The van der Waals surface area contributed by atoms with Gasteiger partial charge in [-0.15, -0.1) is 0 Å². The fraction of sp³-hybridized carbons (Fsp3) is 0.294. The van der Waals surface area contributed by atoms with Gasteiger partial charge in [-0.1, -0.05) is 0 Å². The molecule has 146 valence electrons. The topological polar surface area (TPSA) is 117 Å². The minimum absolute atomic E-state index is 0.0229. The maximum atomic E-state index is 12.5. The monoisotopic (exact) mass is 396 g/mol. The SMILES string of the molecule is COc1ccc(OC)c(CCNS(=O)(=O)c2ccc(OC)cc2[N+](=O)[O-])c1. The molecule has 2 aromatic carbocycles. The molecule has 1 N–H and O–H groups in total. The Morgan fingerprint density at radius 3 is 2.22 bits per heavy atom. The van der Waals surface area contributed by atoms with Crippen molar-refractivity contribution in [2.24, 2.45) is 0 Å². The molecule has 0 radical (unpaired) electrons. The molecule has 0 bridgehead atoms. The molecule has 0 heterocycles. The molecular formula is C17H20N2O7S. The van der Waals surface area contributed by atoms with Crippen molar-refractivity contribution in [2.45, 2.75) is 11.3 Å². The molecule has 0 aliphatic heterocycles. The lowest BCUT2D eigenvalue weighted by molar-refractivity contribution is -0.387. The van der Waals surface area contributed by atoms with Gasteiger partial charge >= 0.3 is 0 Å². The summed E-state index contributed by atoms with van der Waals surface area (Å²) in [5.74, 6) is 1.40. The smallest absolute Gasteiger partial charge is 0.293 e. The Morgan fingerprint density at radius 2 is 1.63 bits per heavy atom. The summed E-state index contributed by atoms with van der Waals surface area (Å²) in [6.07, 6.45) is 0.309. The van der Waals surface area contributed by atoms with E-state index >= 15 is 0 Å². The van der Waals surface area contributed by atoms with Crippen LogP contribution in [0.4, 0.5) is 5.69 Å². The van der Waals surface area contributed by atoms with Crippen LogP contribution >= 0.6 is 0 Å². The third-order valence-electron chi connectivity index (χ3n) is 3.83. The number of rotatable bonds is 9. The number of nitro groups is 1. The fourth-order valence-electron chi connectivity index (χ4n) is 2.47. The van der Waals surface area contributed by atoms with E-state index in [9.17, 15) is 18.5 Å². The van der Waals surface area contributed by atoms with Crippen molar-refractivity contribution >= 4 is 15.7 Å². The molecule has 0 atom stereocenters. The van der Waals surface area contributed by atoms with Crippen LogP contribution in [-0.4, -0.2) is 41.2 Å². The summed E-state index contributed by atoms with van der Waals surface area (Å²) < 4.78 is 42.7. The lowest BCUT2D eigenvalue weighted by Gasteiger charge is -2.12. The van der Waals surface area contributed by atoms with Crippen LogP contribution in [0.2, 0.25) is 0 Å². The number of hydrogen-bond acceptors (Lipinski definition) is 7. The molecule has 0 spiro atoms. The minimum atomic E-state index is -4.09. The van der Waals surface area contributed by atoms with Crippen molar-refractivity contribution in [3.63, 3.8) is 0 Å². The third-order valence-corrected chi connectivity index (χ3v) is 5.33. The summed E-state index contributed by atoms with van der Waals surface area (Å²) in [7, 11) is 0.290. The van der Waals surface area contributed by atoms with E-state index in [-0.39, 0.29) is 12.3 Å². The number of methoxy groups -OCH3 is 3. The van der Waals surface area contributed by atoms with E-state index in [1.54, 1.807) is 18.2 Å². The van der Waals surface area contributed by atoms with Crippen LogP contribution in [0.25, 0.3) is 0 Å². The van der Waals surface area contributed by atoms with Crippen molar-refractivity contribution in [1.82, 2.24) is 4.72 Å². The zero-order valence-corrected chi connectivity index (χ0v) is 15.9. The molecule has 0 saturated heterocycles. The molecule has 0 aliphatic rings. The Morgan fingerprint density at radius 1 is 1.00 bits per heavy atom. The normalized spacial score (nSPS) is 11.1. The van der Waals surface area contributed by atoms with Gasteiger partial charge in [0, 0.05) is 6.54 Å². The third kappa shape index (κ3) is 4.86. The van der Waals surface area contributed by atoms with E-state index in [1.807, 2.05) is 0 Å². The first-order valence-electron chi connectivity index (χ1n) is 7.85. The van der Waals surface area contributed by atoms with Crippen molar-refractivity contribution in [2.75, 3.05) is 27.9 Å². The van der Waals surface area contributed by atoms with Crippen molar-refractivity contribution in [1.29, 1.82) is 0 Å². The molecule has 0 aliphatic carbocycles. The second-order valence-corrected chi connectivity index (χ2v) is 7.15. The Labute approximate surface area is 157 Å². The van der Waals surface area contributed by atoms with Gasteiger partial charge in [0.05, 0.1) is 32.3 Å². The van der Waals surface area contributed by atoms with Gasteiger partial charge in [-0.2, -0.15) is 0 Å². The van der Waals surface area contributed by atoms with E-state index in [4.69, 9.17) is 14.2 Å². The first kappa shape index (κ1) is 20.5. The van der Waals surface area contributed by atoms with Crippen molar-refractivity contribution < 1.29 is 27.6 Å². The minimum Gasteiger partial charge on any atom is -0.497 e. The van der Waals surface area contributed by atoms with Crippen LogP contribution in [-0.2, 0) is 16.4 Å². The largest absolute Gasteiger partial charge is 0.497 e. The number of benzene rings is 2. The van der Waals surface area contributed by atoms with Crippen molar-refractivity contribution in [3.8, 4) is 17.2 Å². The van der Waals surface area contributed by atoms with Gasteiger partial charge in [-0.05, 0) is 42.3 Å². The number of hydrogen-bond donors (Lipinski definition) is 1. The van der Waals surface area contributed by atoms with Crippen LogP contribution < -0.4 is 18.9 Å². The Bertz CT molecular complexity index is 929. The van der Waals surface area contributed by atoms with Gasteiger partial charge in [-0.3, -0.25) is 10.1 Å². The molecule has 2 aromatic rings. The van der Waals surface area contributed by atoms with Gasteiger partial charge in [0.1, 0.15) is 17.2 Å². The van der Waals surface area contributed by atoms with E-state index in [0.29, 0.717) is 17.9 Å². The number of sulfonamides is 1. The maximum absolute atomic E-state index is 12.5. The van der Waals surface area contributed by atoms with Crippen LogP contribution in [0.3, 0.4) is 0 Å². The van der Waals surface area contributed by atoms with Gasteiger partial charge in [0.2, 0.25) is 10.0 Å². The first-order chi connectivity index (χ1) is 12.8. The summed E-state index contributed by atoms with van der Waals surface area (Å²) in [5, 5.41) is 11.2. The van der Waals surface area contributed by atoms with Crippen molar-refractivity contribution in [3.05, 3.63) is 52.1 Å². The standard InChI is InChI=1S/C17H20N2O7S/c1-24-13-4-6-16(26-3)12(10-13)8-9-18-27(22,23)17-7-5-14(25-2)11-15(17)19(20)21/h4-7,10-11,18H,8-9H2,1-3H3. The number of nitro benzene ring substituents is 1. The average molecular weight is 396 g/mol. The highest BCUT2D eigenvalue weighted by molar-refractivity contribution is 7.89.